The molecule has 0 radical (unpaired) electrons. The van der Waals surface area contributed by atoms with Gasteiger partial charge in [-0.05, 0) is 77.9 Å². The number of aromatic nitrogens is 1. The maximum absolute atomic E-state index is 14.5. The van der Waals surface area contributed by atoms with Gasteiger partial charge in [-0.3, -0.25) is 14.1 Å². The van der Waals surface area contributed by atoms with Crippen LogP contribution in [0.5, 0.6) is 11.5 Å². The summed E-state index contributed by atoms with van der Waals surface area (Å²) in [7, 11) is 0.742. The zero-order valence-electron chi connectivity index (χ0n) is 19.6. The molecule has 1 aliphatic carbocycles. The molecule has 8 nitrogen and oxygen atoms in total. The first kappa shape index (κ1) is 25.3. The lowest BCUT2D eigenvalue weighted by atomic mass is 10.1. The molecule has 2 aromatic carbocycles. The zero-order chi connectivity index (χ0) is 25.5. The van der Waals surface area contributed by atoms with Crippen LogP contribution in [0.2, 0.25) is 0 Å². The van der Waals surface area contributed by atoms with Crippen molar-refractivity contribution in [1.29, 1.82) is 0 Å². The Morgan fingerprint density at radius 3 is 2.43 bits per heavy atom. The molecule has 0 amide bonds. The van der Waals surface area contributed by atoms with E-state index in [1.54, 1.807) is 25.1 Å². The molecule has 0 aliphatic heterocycles. The Labute approximate surface area is 216 Å². The molecule has 0 spiro atoms. The van der Waals surface area contributed by atoms with E-state index in [4.69, 9.17) is 9.47 Å². The number of methoxy groups -OCH3 is 2. The molecule has 11 heteroatoms. The summed E-state index contributed by atoms with van der Waals surface area (Å²) >= 11 is 1.99. The number of hydrogen-bond donors (Lipinski definition) is 2. The predicted molar refractivity (Wildman–Crippen MR) is 142 cm³/mol. The number of aryl methyl sites for hydroxylation is 1. The van der Waals surface area contributed by atoms with Gasteiger partial charge in [-0.25, -0.2) is 12.8 Å². The molecule has 0 saturated heterocycles. The van der Waals surface area contributed by atoms with Gasteiger partial charge in [-0.1, -0.05) is 6.07 Å². The van der Waals surface area contributed by atoms with E-state index in [0.29, 0.717) is 27.1 Å². The first-order valence-corrected chi connectivity index (χ1v) is 13.3. The highest BCUT2D eigenvalue weighted by atomic mass is 127. The molecule has 1 fully saturated rings. The summed E-state index contributed by atoms with van der Waals surface area (Å²) in [5, 5.41) is 2.22. The number of nitrogens with one attached hydrogen (secondary N) is 2. The van der Waals surface area contributed by atoms with E-state index in [9.17, 15) is 17.6 Å². The third kappa shape index (κ3) is 5.10. The van der Waals surface area contributed by atoms with Crippen LogP contribution in [0.25, 0.3) is 0 Å². The van der Waals surface area contributed by atoms with Gasteiger partial charge in [-0.15, -0.1) is 0 Å². The van der Waals surface area contributed by atoms with Crippen LogP contribution in [0.3, 0.4) is 0 Å². The van der Waals surface area contributed by atoms with Gasteiger partial charge < -0.3 is 14.8 Å². The van der Waals surface area contributed by atoms with Crippen LogP contribution in [0.1, 0.15) is 23.5 Å². The number of ether oxygens (including phenoxy) is 2. The van der Waals surface area contributed by atoms with Gasteiger partial charge in [0.25, 0.3) is 5.56 Å². The highest BCUT2D eigenvalue weighted by molar-refractivity contribution is 14.1. The van der Waals surface area contributed by atoms with Gasteiger partial charge in [0, 0.05) is 22.1 Å². The van der Waals surface area contributed by atoms with Gasteiger partial charge in [0.15, 0.2) is 11.5 Å². The van der Waals surface area contributed by atoms with Crippen molar-refractivity contribution in [2.24, 2.45) is 7.05 Å². The second kappa shape index (κ2) is 9.69. The van der Waals surface area contributed by atoms with Crippen molar-refractivity contribution in [3.8, 4) is 11.5 Å². The molecule has 186 valence electrons. The molecule has 2 N–H and O–H groups in total. The minimum atomic E-state index is -3.82. The number of anilines is 3. The Balaban J connectivity index is 1.64. The lowest BCUT2D eigenvalue weighted by molar-refractivity contribution is 0.354. The van der Waals surface area contributed by atoms with Crippen LogP contribution >= 0.6 is 22.6 Å². The van der Waals surface area contributed by atoms with Crippen molar-refractivity contribution in [1.82, 2.24) is 4.57 Å². The molecular weight excluding hydrogens is 588 g/mol. The molecular formula is C24H25FIN3O5S. The summed E-state index contributed by atoms with van der Waals surface area (Å²) in [5.41, 5.74) is 1.15. The summed E-state index contributed by atoms with van der Waals surface area (Å²) in [6, 6.07) is 11.4. The van der Waals surface area contributed by atoms with Crippen LogP contribution in [0.4, 0.5) is 21.6 Å². The summed E-state index contributed by atoms with van der Waals surface area (Å²) in [6.07, 6.45) is 0.435. The fraction of sp³-hybridized carbons (Fsp3) is 0.292. The smallest absolute Gasteiger partial charge is 0.254 e. The minimum Gasteiger partial charge on any atom is -0.493 e. The van der Waals surface area contributed by atoms with Crippen LogP contribution in [-0.4, -0.2) is 32.5 Å². The van der Waals surface area contributed by atoms with Crippen molar-refractivity contribution in [3.05, 3.63) is 73.3 Å². The monoisotopic (exact) mass is 613 g/mol. The van der Waals surface area contributed by atoms with Crippen molar-refractivity contribution < 1.29 is 22.3 Å². The van der Waals surface area contributed by atoms with E-state index in [2.05, 4.69) is 10.0 Å². The van der Waals surface area contributed by atoms with Crippen molar-refractivity contribution in [2.75, 3.05) is 24.3 Å². The van der Waals surface area contributed by atoms with Crippen molar-refractivity contribution >= 4 is 49.8 Å². The SMILES string of the molecule is COc1ccc(C2CC2S(=O)(=O)Nc2cc(C)c(=O)n(C)c2Nc2ccc(I)cc2F)cc1OC. The number of pyridine rings is 1. The summed E-state index contributed by atoms with van der Waals surface area (Å²) in [5.74, 6) is 0.502. The van der Waals surface area contributed by atoms with Crippen molar-refractivity contribution in [2.45, 2.75) is 24.5 Å². The molecule has 2 atom stereocenters. The highest BCUT2D eigenvalue weighted by Gasteiger charge is 2.48. The van der Waals surface area contributed by atoms with Gasteiger partial charge >= 0.3 is 0 Å². The zero-order valence-corrected chi connectivity index (χ0v) is 22.5. The van der Waals surface area contributed by atoms with E-state index in [1.807, 2.05) is 28.7 Å². The number of benzene rings is 2. The molecule has 3 aromatic rings. The fourth-order valence-corrected chi connectivity index (χ4v) is 6.14. The van der Waals surface area contributed by atoms with Gasteiger partial charge in [0.2, 0.25) is 10.0 Å². The Kier molecular flexibility index (Phi) is 7.00. The fourth-order valence-electron chi connectivity index (χ4n) is 4.02. The Hall–Kier alpha value is -2.80. The van der Waals surface area contributed by atoms with Crippen LogP contribution < -0.4 is 25.1 Å². The second-order valence-electron chi connectivity index (χ2n) is 8.35. The summed E-state index contributed by atoms with van der Waals surface area (Å²) < 4.78 is 56.3. The first-order chi connectivity index (χ1) is 16.6. The van der Waals surface area contributed by atoms with Crippen LogP contribution in [-0.2, 0) is 17.1 Å². The molecule has 1 saturated carbocycles. The van der Waals surface area contributed by atoms with Gasteiger partial charge in [-0.2, -0.15) is 0 Å². The largest absolute Gasteiger partial charge is 0.493 e. The number of sulfonamides is 1. The number of nitrogens with zero attached hydrogens (tertiary/aromatic N) is 1. The van der Waals surface area contributed by atoms with Crippen molar-refractivity contribution in [3.63, 3.8) is 0 Å². The number of rotatable bonds is 8. The molecule has 4 rings (SSSR count). The molecule has 2 unspecified atom stereocenters. The predicted octanol–water partition coefficient (Wildman–Crippen LogP) is 4.50. The van der Waals surface area contributed by atoms with E-state index >= 15 is 0 Å². The summed E-state index contributed by atoms with van der Waals surface area (Å²) in [4.78, 5) is 12.6. The third-order valence-corrected chi connectivity index (χ3v) is 8.49. The topological polar surface area (TPSA) is 98.7 Å². The summed E-state index contributed by atoms with van der Waals surface area (Å²) in [6.45, 7) is 1.60. The average molecular weight is 613 g/mol. The maximum Gasteiger partial charge on any atom is 0.254 e. The quantitative estimate of drug-likeness (QED) is 0.364. The average Bonchev–Trinajstić information content (AvgIpc) is 3.63. The van der Waals surface area contributed by atoms with Crippen LogP contribution in [0.15, 0.2) is 47.3 Å². The maximum atomic E-state index is 14.5. The minimum absolute atomic E-state index is 0.124. The first-order valence-electron chi connectivity index (χ1n) is 10.7. The molecule has 35 heavy (non-hydrogen) atoms. The van der Waals surface area contributed by atoms with E-state index in [-0.39, 0.29) is 28.7 Å². The molecule has 1 heterocycles. The number of halogens is 2. The van der Waals surface area contributed by atoms with Gasteiger partial charge in [0.1, 0.15) is 11.6 Å². The Bertz CT molecular complexity index is 1460. The highest BCUT2D eigenvalue weighted by Crippen LogP contribution is 2.48. The standard InChI is InChI=1S/C24H25FIN3O5S/c1-13-9-19(23(29(2)24(13)30)27-18-7-6-15(26)11-17(18)25)28-35(31,32)22-12-16(22)14-5-8-20(33-3)21(10-14)34-4/h5-11,16,22,27-28H,12H2,1-4H3. The lowest BCUT2D eigenvalue weighted by Gasteiger charge is -2.19. The van der Waals surface area contributed by atoms with E-state index in [1.165, 1.54) is 44.0 Å². The Morgan fingerprint density at radius 2 is 1.77 bits per heavy atom. The third-order valence-electron chi connectivity index (χ3n) is 6.00. The van der Waals surface area contributed by atoms with Crippen LogP contribution in [0, 0.1) is 16.3 Å². The molecule has 1 aromatic heterocycles. The lowest BCUT2D eigenvalue weighted by Crippen LogP contribution is -2.26. The molecule has 0 bridgehead atoms. The molecule has 1 aliphatic rings. The van der Waals surface area contributed by atoms with Gasteiger partial charge in [0.05, 0.1) is 30.8 Å². The Morgan fingerprint density at radius 1 is 1.06 bits per heavy atom. The second-order valence-corrected chi connectivity index (χ2v) is 11.5. The normalized spacial score (nSPS) is 17.1. The van der Waals surface area contributed by atoms with E-state index in [0.717, 1.165) is 5.56 Å². The van der Waals surface area contributed by atoms with E-state index < -0.39 is 21.1 Å². The number of hydrogen-bond acceptors (Lipinski definition) is 6.